The van der Waals surface area contributed by atoms with Crippen molar-refractivity contribution in [2.24, 2.45) is 0 Å². The summed E-state index contributed by atoms with van der Waals surface area (Å²) in [6.45, 7) is 6.22. The Labute approximate surface area is 211 Å². The largest absolute Gasteiger partial charge is 0.378 e. The Bertz CT molecular complexity index is 1290. The van der Waals surface area contributed by atoms with Crippen LogP contribution in [-0.4, -0.2) is 47.2 Å². The first-order valence-corrected chi connectivity index (χ1v) is 13.1. The average molecular weight is 514 g/mol. The zero-order chi connectivity index (χ0) is 25.0. The quantitative estimate of drug-likeness (QED) is 0.498. The lowest BCUT2D eigenvalue weighted by atomic mass is 10.2. The van der Waals surface area contributed by atoms with Gasteiger partial charge in [-0.1, -0.05) is 35.4 Å². The fraction of sp³-hybridized carbons (Fsp3) is 0.269. The van der Waals surface area contributed by atoms with E-state index in [-0.39, 0.29) is 4.90 Å². The normalized spacial score (nSPS) is 14.0. The van der Waals surface area contributed by atoms with Crippen LogP contribution in [-0.2, 0) is 19.6 Å². The van der Waals surface area contributed by atoms with Gasteiger partial charge in [-0.05, 0) is 67.9 Å². The highest BCUT2D eigenvalue weighted by atomic mass is 35.5. The lowest BCUT2D eigenvalue weighted by molar-refractivity contribution is -0.114. The Kier molecular flexibility index (Phi) is 7.64. The van der Waals surface area contributed by atoms with Gasteiger partial charge in [0, 0.05) is 29.5 Å². The number of rotatable bonds is 7. The first-order chi connectivity index (χ1) is 16.8. The molecule has 184 valence electrons. The van der Waals surface area contributed by atoms with E-state index in [2.05, 4.69) is 10.2 Å². The van der Waals surface area contributed by atoms with Gasteiger partial charge in [-0.15, -0.1) is 0 Å². The zero-order valence-electron chi connectivity index (χ0n) is 19.7. The number of nitrogens with zero attached hydrogens (tertiary/aromatic N) is 2. The SMILES string of the molecule is Cc1ccc(S(=O)(=O)N(CC(=O)Nc2ccc(N3CCOCC3)cc2)c2cccc(Cl)c2C)cc1. The van der Waals surface area contributed by atoms with Gasteiger partial charge in [-0.3, -0.25) is 9.10 Å². The van der Waals surface area contributed by atoms with Crippen LogP contribution in [0.25, 0.3) is 0 Å². The van der Waals surface area contributed by atoms with Gasteiger partial charge in [0.1, 0.15) is 6.54 Å². The number of sulfonamides is 1. The number of anilines is 3. The minimum atomic E-state index is -4.02. The summed E-state index contributed by atoms with van der Waals surface area (Å²) in [6, 6.07) is 19.0. The van der Waals surface area contributed by atoms with E-state index in [9.17, 15) is 13.2 Å². The number of aryl methyl sites for hydroxylation is 1. The van der Waals surface area contributed by atoms with Crippen LogP contribution in [0.2, 0.25) is 5.02 Å². The Morgan fingerprint density at radius 3 is 2.31 bits per heavy atom. The van der Waals surface area contributed by atoms with Crippen molar-refractivity contribution in [2.75, 3.05) is 47.4 Å². The van der Waals surface area contributed by atoms with E-state index in [1.165, 1.54) is 0 Å². The van der Waals surface area contributed by atoms with Crippen molar-refractivity contribution in [1.82, 2.24) is 0 Å². The molecule has 1 fully saturated rings. The molecule has 4 rings (SSSR count). The van der Waals surface area contributed by atoms with Crippen LogP contribution in [0.5, 0.6) is 0 Å². The summed E-state index contributed by atoms with van der Waals surface area (Å²) in [5.41, 5.74) is 3.50. The molecule has 1 amide bonds. The van der Waals surface area contributed by atoms with Crippen LogP contribution in [0.3, 0.4) is 0 Å². The van der Waals surface area contributed by atoms with E-state index in [1.807, 2.05) is 31.2 Å². The number of ether oxygens (including phenoxy) is 1. The molecule has 3 aromatic carbocycles. The lowest BCUT2D eigenvalue weighted by Crippen LogP contribution is -2.38. The molecular formula is C26H28ClN3O4S. The molecule has 0 atom stereocenters. The number of carbonyl (C=O) groups is 1. The number of morpholine rings is 1. The second kappa shape index (κ2) is 10.7. The van der Waals surface area contributed by atoms with E-state index >= 15 is 0 Å². The summed E-state index contributed by atoms with van der Waals surface area (Å²) in [6.07, 6.45) is 0. The molecule has 0 spiro atoms. The van der Waals surface area contributed by atoms with Crippen LogP contribution < -0.4 is 14.5 Å². The van der Waals surface area contributed by atoms with Crippen molar-refractivity contribution in [3.8, 4) is 0 Å². The van der Waals surface area contributed by atoms with Crippen LogP contribution in [0.15, 0.2) is 71.6 Å². The molecule has 0 saturated carbocycles. The summed E-state index contributed by atoms with van der Waals surface area (Å²) < 4.78 is 33.7. The standard InChI is InChI=1S/C26H28ClN3O4S/c1-19-6-12-23(13-7-19)35(32,33)30(25-5-3-4-24(27)20(25)2)18-26(31)28-21-8-10-22(11-9-21)29-14-16-34-17-15-29/h3-13H,14-18H2,1-2H3,(H,28,31). The number of amides is 1. The maximum atomic E-state index is 13.6. The number of benzene rings is 3. The molecule has 0 aromatic heterocycles. The van der Waals surface area contributed by atoms with Crippen LogP contribution >= 0.6 is 11.6 Å². The third-order valence-corrected chi connectivity index (χ3v) is 8.11. The molecule has 3 aromatic rings. The summed E-state index contributed by atoms with van der Waals surface area (Å²) >= 11 is 6.29. The molecule has 0 unspecified atom stereocenters. The highest BCUT2D eigenvalue weighted by Gasteiger charge is 2.29. The van der Waals surface area contributed by atoms with Crippen molar-refractivity contribution in [3.63, 3.8) is 0 Å². The summed E-state index contributed by atoms with van der Waals surface area (Å²) in [5.74, 6) is -0.459. The third kappa shape index (κ3) is 5.78. The maximum absolute atomic E-state index is 13.6. The van der Waals surface area contributed by atoms with Gasteiger partial charge in [0.15, 0.2) is 0 Å². The summed E-state index contributed by atoms with van der Waals surface area (Å²) in [5, 5.41) is 3.24. The molecule has 1 aliphatic heterocycles. The number of hydrogen-bond donors (Lipinski definition) is 1. The fourth-order valence-corrected chi connectivity index (χ4v) is 5.56. The van der Waals surface area contributed by atoms with E-state index in [0.717, 1.165) is 28.6 Å². The minimum absolute atomic E-state index is 0.102. The number of halogens is 1. The van der Waals surface area contributed by atoms with Crippen molar-refractivity contribution in [2.45, 2.75) is 18.7 Å². The Morgan fingerprint density at radius 2 is 1.66 bits per heavy atom. The van der Waals surface area contributed by atoms with Gasteiger partial charge in [0.25, 0.3) is 10.0 Å². The third-order valence-electron chi connectivity index (χ3n) is 5.93. The van der Waals surface area contributed by atoms with Gasteiger partial charge in [0.2, 0.25) is 5.91 Å². The van der Waals surface area contributed by atoms with Gasteiger partial charge in [-0.25, -0.2) is 8.42 Å². The number of hydrogen-bond acceptors (Lipinski definition) is 5. The van der Waals surface area contributed by atoms with Gasteiger partial charge in [-0.2, -0.15) is 0 Å². The Hall–Kier alpha value is -3.07. The van der Waals surface area contributed by atoms with Gasteiger partial charge in [0.05, 0.1) is 23.8 Å². The Morgan fingerprint density at radius 1 is 1.00 bits per heavy atom. The monoisotopic (exact) mass is 513 g/mol. The first-order valence-electron chi connectivity index (χ1n) is 11.3. The first kappa shape index (κ1) is 25.0. The fourth-order valence-electron chi connectivity index (χ4n) is 3.91. The van der Waals surface area contributed by atoms with Crippen molar-refractivity contribution >= 4 is 44.6 Å². The molecule has 0 radical (unpaired) electrons. The van der Waals surface area contributed by atoms with Gasteiger partial charge < -0.3 is 15.0 Å². The summed E-state index contributed by atoms with van der Waals surface area (Å²) in [4.78, 5) is 15.4. The predicted octanol–water partition coefficient (Wildman–Crippen LogP) is 4.63. The predicted molar refractivity (Wildman–Crippen MR) is 140 cm³/mol. The topological polar surface area (TPSA) is 79.0 Å². The van der Waals surface area contributed by atoms with Crippen LogP contribution in [0.1, 0.15) is 11.1 Å². The van der Waals surface area contributed by atoms with Gasteiger partial charge >= 0.3 is 0 Å². The van der Waals surface area contributed by atoms with E-state index < -0.39 is 22.5 Å². The zero-order valence-corrected chi connectivity index (χ0v) is 21.3. The molecule has 1 aliphatic rings. The molecule has 1 N–H and O–H groups in total. The molecule has 1 heterocycles. The summed E-state index contributed by atoms with van der Waals surface area (Å²) in [7, 11) is -4.02. The Balaban J connectivity index is 1.57. The molecule has 0 bridgehead atoms. The van der Waals surface area contributed by atoms with Crippen molar-refractivity contribution < 1.29 is 17.9 Å². The number of nitrogens with one attached hydrogen (secondary N) is 1. The van der Waals surface area contributed by atoms with Crippen LogP contribution in [0, 0.1) is 13.8 Å². The van der Waals surface area contributed by atoms with Crippen molar-refractivity contribution in [1.29, 1.82) is 0 Å². The highest BCUT2D eigenvalue weighted by molar-refractivity contribution is 7.92. The average Bonchev–Trinajstić information content (AvgIpc) is 2.86. The lowest BCUT2D eigenvalue weighted by Gasteiger charge is -2.29. The molecule has 9 heteroatoms. The second-order valence-corrected chi connectivity index (χ2v) is 10.7. The van der Waals surface area contributed by atoms with E-state index in [4.69, 9.17) is 16.3 Å². The maximum Gasteiger partial charge on any atom is 0.264 e. The molecule has 0 aliphatic carbocycles. The van der Waals surface area contributed by atoms with E-state index in [0.29, 0.717) is 35.2 Å². The molecular weight excluding hydrogens is 486 g/mol. The molecule has 1 saturated heterocycles. The smallest absolute Gasteiger partial charge is 0.264 e. The minimum Gasteiger partial charge on any atom is -0.378 e. The molecule has 7 nitrogen and oxygen atoms in total. The molecule has 35 heavy (non-hydrogen) atoms. The number of carbonyl (C=O) groups excluding carboxylic acids is 1. The highest BCUT2D eigenvalue weighted by Crippen LogP contribution is 2.31. The van der Waals surface area contributed by atoms with E-state index in [1.54, 1.807) is 49.4 Å². The second-order valence-electron chi connectivity index (χ2n) is 8.40. The van der Waals surface area contributed by atoms with Crippen LogP contribution in [0.4, 0.5) is 17.1 Å². The van der Waals surface area contributed by atoms with Crippen molar-refractivity contribution in [3.05, 3.63) is 82.9 Å².